The van der Waals surface area contributed by atoms with Crippen LogP contribution in [0.4, 0.5) is 10.5 Å². The number of benzene rings is 1. The number of carbonyl (C=O) groups is 2. The Balaban J connectivity index is 2.42. The molecular formula is C16H23ClN2O3. The van der Waals surface area contributed by atoms with Crippen LogP contribution >= 0.6 is 11.6 Å². The van der Waals surface area contributed by atoms with Gasteiger partial charge in [0.25, 0.3) is 0 Å². The summed E-state index contributed by atoms with van der Waals surface area (Å²) < 4.78 is 5.15. The number of hydrogen-bond acceptors (Lipinski definition) is 3. The Morgan fingerprint density at radius 1 is 1.27 bits per heavy atom. The van der Waals surface area contributed by atoms with Gasteiger partial charge in [0, 0.05) is 13.5 Å². The van der Waals surface area contributed by atoms with E-state index in [1.807, 2.05) is 32.9 Å². The quantitative estimate of drug-likeness (QED) is 0.810. The number of alkyl carbamates (subject to hydrolysis) is 1. The zero-order valence-corrected chi connectivity index (χ0v) is 14.2. The van der Waals surface area contributed by atoms with E-state index >= 15 is 0 Å². The number of hydrogen-bond donors (Lipinski definition) is 2. The van der Waals surface area contributed by atoms with Gasteiger partial charge in [-0.3, -0.25) is 4.79 Å². The summed E-state index contributed by atoms with van der Waals surface area (Å²) in [6.07, 6.45) is 1.11. The lowest BCUT2D eigenvalue weighted by atomic mass is 10.1. The lowest BCUT2D eigenvalue weighted by Gasteiger charge is -2.19. The number of amides is 2. The van der Waals surface area contributed by atoms with Crippen molar-refractivity contribution in [3.05, 3.63) is 28.8 Å². The lowest BCUT2D eigenvalue weighted by molar-refractivity contribution is -0.114. The minimum absolute atomic E-state index is 0.161. The summed E-state index contributed by atoms with van der Waals surface area (Å²) in [6, 6.07) is 5.50. The van der Waals surface area contributed by atoms with Crippen LogP contribution in [-0.2, 0) is 16.0 Å². The first-order chi connectivity index (χ1) is 10.2. The second-order valence-corrected chi connectivity index (χ2v) is 6.43. The zero-order valence-electron chi connectivity index (χ0n) is 13.5. The second-order valence-electron chi connectivity index (χ2n) is 6.03. The Kier molecular flexibility index (Phi) is 6.68. The molecule has 0 aliphatic heterocycles. The monoisotopic (exact) mass is 326 g/mol. The van der Waals surface area contributed by atoms with Crippen LogP contribution in [0.3, 0.4) is 0 Å². The summed E-state index contributed by atoms with van der Waals surface area (Å²) >= 11 is 6.02. The van der Waals surface area contributed by atoms with E-state index < -0.39 is 11.7 Å². The van der Waals surface area contributed by atoms with Gasteiger partial charge in [-0.25, -0.2) is 4.79 Å². The van der Waals surface area contributed by atoms with E-state index in [0.717, 1.165) is 18.4 Å². The van der Waals surface area contributed by atoms with Crippen LogP contribution in [0.25, 0.3) is 0 Å². The van der Waals surface area contributed by atoms with Crippen LogP contribution in [0.1, 0.15) is 39.7 Å². The summed E-state index contributed by atoms with van der Waals surface area (Å²) in [5.74, 6) is -0.161. The van der Waals surface area contributed by atoms with Gasteiger partial charge in [0.1, 0.15) is 5.60 Å². The molecule has 1 aromatic carbocycles. The van der Waals surface area contributed by atoms with E-state index in [2.05, 4.69) is 10.6 Å². The Bertz CT molecular complexity index is 539. The molecule has 0 radical (unpaired) electrons. The molecule has 122 valence electrons. The van der Waals surface area contributed by atoms with Gasteiger partial charge in [-0.05, 0) is 51.3 Å². The van der Waals surface area contributed by atoms with E-state index in [4.69, 9.17) is 16.3 Å². The minimum atomic E-state index is -0.493. The molecule has 1 aromatic rings. The molecule has 6 heteroatoms. The van der Waals surface area contributed by atoms with Crippen molar-refractivity contribution in [2.45, 2.75) is 46.1 Å². The SMILES string of the molecule is CC(=O)Nc1cc(CCCNC(=O)OC(C)(C)C)ccc1Cl. The highest BCUT2D eigenvalue weighted by Crippen LogP contribution is 2.23. The molecule has 0 saturated heterocycles. The molecule has 0 aliphatic carbocycles. The highest BCUT2D eigenvalue weighted by molar-refractivity contribution is 6.33. The van der Waals surface area contributed by atoms with Gasteiger partial charge < -0.3 is 15.4 Å². The molecular weight excluding hydrogens is 304 g/mol. The number of rotatable bonds is 5. The molecule has 0 unspecified atom stereocenters. The van der Waals surface area contributed by atoms with E-state index in [0.29, 0.717) is 17.3 Å². The van der Waals surface area contributed by atoms with Crippen molar-refractivity contribution < 1.29 is 14.3 Å². The van der Waals surface area contributed by atoms with Crippen LogP contribution in [0, 0.1) is 0 Å². The lowest BCUT2D eigenvalue weighted by Crippen LogP contribution is -2.33. The van der Waals surface area contributed by atoms with Crippen LogP contribution < -0.4 is 10.6 Å². The highest BCUT2D eigenvalue weighted by atomic mass is 35.5. The summed E-state index contributed by atoms with van der Waals surface area (Å²) in [6.45, 7) is 7.43. The minimum Gasteiger partial charge on any atom is -0.444 e. The largest absolute Gasteiger partial charge is 0.444 e. The van der Waals surface area contributed by atoms with Crippen molar-refractivity contribution in [2.75, 3.05) is 11.9 Å². The second kappa shape index (κ2) is 8.03. The average Bonchev–Trinajstić information content (AvgIpc) is 2.35. The Hall–Kier alpha value is -1.75. The van der Waals surface area contributed by atoms with Crippen LogP contribution in [0.5, 0.6) is 0 Å². The van der Waals surface area contributed by atoms with Gasteiger partial charge in [0.15, 0.2) is 0 Å². The molecule has 1 rings (SSSR count). The topological polar surface area (TPSA) is 67.4 Å². The Morgan fingerprint density at radius 2 is 1.95 bits per heavy atom. The number of aryl methyl sites for hydroxylation is 1. The molecule has 0 aromatic heterocycles. The van der Waals surface area contributed by atoms with Gasteiger partial charge in [-0.1, -0.05) is 17.7 Å². The van der Waals surface area contributed by atoms with Crippen molar-refractivity contribution in [1.29, 1.82) is 0 Å². The first-order valence-corrected chi connectivity index (χ1v) is 7.58. The molecule has 5 nitrogen and oxygen atoms in total. The van der Waals surface area contributed by atoms with Gasteiger partial charge >= 0.3 is 6.09 Å². The third-order valence-electron chi connectivity index (χ3n) is 2.65. The van der Waals surface area contributed by atoms with Crippen molar-refractivity contribution in [1.82, 2.24) is 5.32 Å². The Labute approximate surface area is 136 Å². The summed E-state index contributed by atoms with van der Waals surface area (Å²) in [5.41, 5.74) is 1.15. The molecule has 0 bridgehead atoms. The molecule has 0 fully saturated rings. The van der Waals surface area contributed by atoms with Gasteiger partial charge in [0.2, 0.25) is 5.91 Å². The van der Waals surface area contributed by atoms with Gasteiger partial charge in [-0.2, -0.15) is 0 Å². The summed E-state index contributed by atoms with van der Waals surface area (Å²) in [7, 11) is 0. The molecule has 0 heterocycles. The number of carbonyl (C=O) groups excluding carboxylic acids is 2. The van der Waals surface area contributed by atoms with Crippen molar-refractivity contribution in [2.24, 2.45) is 0 Å². The first-order valence-electron chi connectivity index (χ1n) is 7.20. The van der Waals surface area contributed by atoms with Crippen molar-refractivity contribution >= 4 is 29.3 Å². The smallest absolute Gasteiger partial charge is 0.407 e. The predicted octanol–water partition coefficient (Wildman–Crippen LogP) is 3.76. The average molecular weight is 327 g/mol. The summed E-state index contributed by atoms with van der Waals surface area (Å²) in [5, 5.41) is 5.90. The fourth-order valence-corrected chi connectivity index (χ4v) is 1.98. The van der Waals surface area contributed by atoms with E-state index in [-0.39, 0.29) is 5.91 Å². The molecule has 2 amide bonds. The molecule has 0 aliphatic rings. The number of anilines is 1. The maximum atomic E-state index is 11.5. The maximum Gasteiger partial charge on any atom is 0.407 e. The zero-order chi connectivity index (χ0) is 16.8. The fourth-order valence-electron chi connectivity index (χ4n) is 1.81. The first kappa shape index (κ1) is 18.3. The standard InChI is InChI=1S/C16H23ClN2O3/c1-11(20)19-14-10-12(7-8-13(14)17)6-5-9-18-15(21)22-16(2,3)4/h7-8,10H,5-6,9H2,1-4H3,(H,18,21)(H,19,20). The Morgan fingerprint density at radius 3 is 2.55 bits per heavy atom. The predicted molar refractivity (Wildman–Crippen MR) is 88.3 cm³/mol. The molecule has 0 saturated carbocycles. The fraction of sp³-hybridized carbons (Fsp3) is 0.500. The summed E-state index contributed by atoms with van der Waals surface area (Å²) in [4.78, 5) is 22.6. The molecule has 0 spiro atoms. The third kappa shape index (κ3) is 7.31. The van der Waals surface area contributed by atoms with Crippen molar-refractivity contribution in [3.63, 3.8) is 0 Å². The number of halogens is 1. The highest BCUT2D eigenvalue weighted by Gasteiger charge is 2.15. The number of nitrogens with one attached hydrogen (secondary N) is 2. The van der Waals surface area contributed by atoms with Crippen LogP contribution in [0.15, 0.2) is 18.2 Å². The maximum absolute atomic E-state index is 11.5. The third-order valence-corrected chi connectivity index (χ3v) is 2.98. The van der Waals surface area contributed by atoms with Crippen LogP contribution in [0.2, 0.25) is 5.02 Å². The van der Waals surface area contributed by atoms with Crippen molar-refractivity contribution in [3.8, 4) is 0 Å². The van der Waals surface area contributed by atoms with E-state index in [9.17, 15) is 9.59 Å². The van der Waals surface area contributed by atoms with Crippen LogP contribution in [-0.4, -0.2) is 24.1 Å². The van der Waals surface area contributed by atoms with Gasteiger partial charge in [-0.15, -0.1) is 0 Å². The number of ether oxygens (including phenoxy) is 1. The van der Waals surface area contributed by atoms with E-state index in [1.165, 1.54) is 6.92 Å². The van der Waals surface area contributed by atoms with Gasteiger partial charge in [0.05, 0.1) is 10.7 Å². The molecule has 22 heavy (non-hydrogen) atoms. The normalized spacial score (nSPS) is 11.0. The molecule has 2 N–H and O–H groups in total. The molecule has 0 atom stereocenters. The van der Waals surface area contributed by atoms with E-state index in [1.54, 1.807) is 6.07 Å².